The molecule has 0 aliphatic heterocycles. The molecule has 5 unspecified atom stereocenters. The monoisotopic (exact) mass is 1420 g/mol. The summed E-state index contributed by atoms with van der Waals surface area (Å²) < 4.78 is 21.8. The van der Waals surface area contributed by atoms with Gasteiger partial charge in [0.15, 0.2) is 23.1 Å². The second-order valence-corrected chi connectivity index (χ2v) is 24.5. The number of amides is 6. The summed E-state index contributed by atoms with van der Waals surface area (Å²) in [6, 6.07) is 15.5. The third-order valence-electron chi connectivity index (χ3n) is 13.6. The minimum atomic E-state index is -1.05. The zero-order valence-electron chi connectivity index (χ0n) is 53.0. The number of hydrogen-bond donors (Lipinski definition) is 7. The number of halogens is 1. The number of benzene rings is 2. The zero-order valence-corrected chi connectivity index (χ0v) is 59.2. The van der Waals surface area contributed by atoms with Crippen molar-refractivity contribution in [2.24, 2.45) is 29.4 Å². The number of nitrogens with two attached hydrogens (primary N) is 1. The van der Waals surface area contributed by atoms with Crippen LogP contribution in [0.25, 0.3) is 0 Å². The summed E-state index contributed by atoms with van der Waals surface area (Å²) in [5, 5.41) is 15.8. The number of hydrogen-bond acceptors (Lipinski definition) is 18. The molecule has 2 aromatic carbocycles. The molecule has 0 saturated heterocycles. The van der Waals surface area contributed by atoms with Gasteiger partial charge in [0.1, 0.15) is 30.8 Å². The molecule has 0 aliphatic carbocycles. The molecule has 2 rings (SSSR count). The van der Waals surface area contributed by atoms with Gasteiger partial charge in [0.05, 0.1) is 64.8 Å². The fourth-order valence-electron chi connectivity index (χ4n) is 8.95. The van der Waals surface area contributed by atoms with Crippen LogP contribution in [0.1, 0.15) is 123 Å². The van der Waals surface area contributed by atoms with Crippen molar-refractivity contribution in [3.05, 3.63) is 71.8 Å². The molecular weight excluding hydrogens is 1320 g/mol. The Bertz CT molecular complexity index is 2590. The van der Waals surface area contributed by atoms with Crippen LogP contribution in [0, 0.1) is 23.7 Å². The van der Waals surface area contributed by atoms with Crippen molar-refractivity contribution < 1.29 is 133 Å². The summed E-state index contributed by atoms with van der Waals surface area (Å²) >= 11 is 1.92. The molecule has 494 valence electrons. The Kier molecular flexibility index (Phi) is 46.5. The first-order chi connectivity index (χ1) is 42.5. The topological polar surface area (TPSA) is 357 Å². The van der Waals surface area contributed by atoms with Crippen LogP contribution in [0.4, 0.5) is 0 Å². The molecule has 0 fully saturated rings. The molecule has 0 aromatic heterocycles. The predicted octanol–water partition coefficient (Wildman–Crippen LogP) is 0.787. The minimum absolute atomic E-state index is 0. The van der Waals surface area contributed by atoms with E-state index in [1.807, 2.05) is 110 Å². The molecule has 6 amide bonds. The van der Waals surface area contributed by atoms with E-state index in [0.717, 1.165) is 11.1 Å². The number of nitrogens with one attached hydrogen (secondary N) is 6. The molecule has 0 radical (unpaired) electrons. The molecule has 0 saturated carbocycles. The molecule has 0 heterocycles. The van der Waals surface area contributed by atoms with Gasteiger partial charge in [-0.15, -0.1) is 0 Å². The van der Waals surface area contributed by atoms with E-state index in [1.165, 1.54) is 6.92 Å². The summed E-state index contributed by atoms with van der Waals surface area (Å²) in [6.45, 7) is 7.72. The first-order valence-corrected chi connectivity index (χ1v) is 33.9. The maximum absolute atomic E-state index is 13.6. The Hall–Kier alpha value is -4.45. The summed E-state index contributed by atoms with van der Waals surface area (Å²) in [5.74, 6) is -6.37. The molecule has 27 heteroatoms. The number of ketones is 6. The Morgan fingerprint density at radius 3 is 1.40 bits per heavy atom. The second kappa shape index (κ2) is 50.1. The van der Waals surface area contributed by atoms with Gasteiger partial charge in [-0.05, 0) is 80.4 Å². The maximum Gasteiger partial charge on any atom is 1.00 e. The Morgan fingerprint density at radius 2 is 0.956 bits per heavy atom. The van der Waals surface area contributed by atoms with Crippen LogP contribution >= 0.6 is 28.3 Å². The van der Waals surface area contributed by atoms with Gasteiger partial charge in [-0.2, -0.15) is 0 Å². The maximum atomic E-state index is 13.6. The van der Waals surface area contributed by atoms with E-state index in [9.17, 15) is 62.3 Å². The summed E-state index contributed by atoms with van der Waals surface area (Å²) in [7, 11) is 0. The average Bonchev–Trinajstić information content (AvgIpc) is 3.65. The zero-order chi connectivity index (χ0) is 65.9. The quantitative estimate of drug-likeness (QED) is 0.0208. The van der Waals surface area contributed by atoms with Crippen molar-refractivity contribution in [2.75, 3.05) is 79.0 Å². The Balaban J connectivity index is 0.0000405. The molecule has 24 nitrogen and oxygen atoms in total. The SMILES string of the molecule is CC(=O)CCC(=O)C(CC(C)C)NC(=O)C(CC(=O)CNC(=O)COCCOCCCC(=O)CCC(NC(=O)CN)C(=O)NCCOCCOCC(=O)NCC(=O)CC(Cc1ccccc1)C(=O)NC(CC(C)C)C(=O)CCC(=O)[P-]I)Cc1ccccc1.[K+]. The second-order valence-electron chi connectivity index (χ2n) is 22.4. The molecule has 8 N–H and O–H groups in total. The number of carbonyl (C=O) groups is 13. The van der Waals surface area contributed by atoms with Crippen LogP contribution in [0.3, 0.4) is 0 Å². The Morgan fingerprint density at radius 1 is 0.500 bits per heavy atom. The van der Waals surface area contributed by atoms with E-state index in [1.54, 1.807) is 0 Å². The van der Waals surface area contributed by atoms with Crippen LogP contribution < -0.4 is 89.0 Å². The van der Waals surface area contributed by atoms with E-state index in [4.69, 9.17) is 24.7 Å². The van der Waals surface area contributed by atoms with Gasteiger partial charge in [0.2, 0.25) is 35.4 Å². The molecule has 0 spiro atoms. The number of ether oxygens (including phenoxy) is 4. The van der Waals surface area contributed by atoms with Gasteiger partial charge in [0, 0.05) is 69.9 Å². The van der Waals surface area contributed by atoms with E-state index in [-0.39, 0.29) is 242 Å². The van der Waals surface area contributed by atoms with Gasteiger partial charge >= 0.3 is 51.4 Å². The van der Waals surface area contributed by atoms with Gasteiger partial charge < -0.3 is 94.4 Å². The van der Waals surface area contributed by atoms with Crippen molar-refractivity contribution in [2.45, 2.75) is 143 Å². The van der Waals surface area contributed by atoms with Gasteiger partial charge in [-0.3, -0.25) is 52.7 Å². The summed E-state index contributed by atoms with van der Waals surface area (Å²) in [4.78, 5) is 166. The minimum Gasteiger partial charge on any atom is -0.390 e. The third kappa shape index (κ3) is 40.5. The van der Waals surface area contributed by atoms with E-state index in [2.05, 4.69) is 31.9 Å². The van der Waals surface area contributed by atoms with Crippen LogP contribution in [0.5, 0.6) is 0 Å². The fourth-order valence-corrected chi connectivity index (χ4v) is 9.87. The number of Topliss-reactive ketones (excluding diaryl/α,β-unsaturated/α-hetero) is 6. The van der Waals surface area contributed by atoms with Crippen molar-refractivity contribution in [3.63, 3.8) is 0 Å². The molecule has 5 atom stereocenters. The molecule has 90 heavy (non-hydrogen) atoms. The number of carbonyl (C=O) groups excluding carboxylic acids is 13. The van der Waals surface area contributed by atoms with E-state index >= 15 is 0 Å². The van der Waals surface area contributed by atoms with Gasteiger partial charge in [-0.1, -0.05) is 88.4 Å². The van der Waals surface area contributed by atoms with Gasteiger partial charge in [-0.25, -0.2) is 0 Å². The molecular formula is C63H92IKN7O17P. The van der Waals surface area contributed by atoms with Crippen LogP contribution in [-0.2, 0) is 94.1 Å². The number of rotatable bonds is 52. The van der Waals surface area contributed by atoms with Crippen molar-refractivity contribution in [1.82, 2.24) is 31.9 Å². The Labute approximate surface area is 586 Å². The molecule has 0 bridgehead atoms. The summed E-state index contributed by atoms with van der Waals surface area (Å²) in [6.07, 6.45) is 1.90. The van der Waals surface area contributed by atoms with E-state index < -0.39 is 77.0 Å². The van der Waals surface area contributed by atoms with Gasteiger partial charge in [0.25, 0.3) is 0 Å². The van der Waals surface area contributed by atoms with Crippen molar-refractivity contribution in [1.29, 1.82) is 0 Å². The van der Waals surface area contributed by atoms with E-state index in [0.29, 0.717) is 25.5 Å². The average molecular weight is 1420 g/mol. The third-order valence-corrected chi connectivity index (χ3v) is 15.6. The van der Waals surface area contributed by atoms with Crippen LogP contribution in [-0.4, -0.2) is 173 Å². The first-order valence-electron chi connectivity index (χ1n) is 30.2. The largest absolute Gasteiger partial charge is 1.00 e. The standard InChI is InChI=1S/C63H92IN7O17P.K/c1-42(2)31-53(55(76)21-18-44(5)72)70-61(82)47(33-45-13-8-6-9-14-45)35-50(74)38-67-58(79)40-87-29-27-85-25-12-17-49(73)19-20-52(69-57(78)37-65)63(84)66-24-26-86-28-30-88-41-59(80)68-39-51(75)36-48(34-46-15-10-7-11-16-46)62(83)71-54(32-43(3)4)56(77)22-23-60(81)89-64;/h6-11,13-16,42-43,47-48,52-54H,12,17-41,65H2,1-5H3,(H,66,84)(H,67,79)(H,68,80)(H,69,78)(H,70,82)(H,71,83);/q-1;+1. The summed E-state index contributed by atoms with van der Waals surface area (Å²) in [5.41, 5.74) is 6.99. The smallest absolute Gasteiger partial charge is 0.390 e. The first kappa shape index (κ1) is 83.6. The predicted molar refractivity (Wildman–Crippen MR) is 341 cm³/mol. The molecule has 0 aliphatic rings. The molecule has 2 aromatic rings. The normalized spacial score (nSPS) is 12.8. The van der Waals surface area contributed by atoms with Crippen LogP contribution in [0.2, 0.25) is 0 Å². The van der Waals surface area contributed by atoms with Crippen LogP contribution in [0.15, 0.2) is 60.7 Å². The van der Waals surface area contributed by atoms with Crippen molar-refractivity contribution in [3.8, 4) is 0 Å². The van der Waals surface area contributed by atoms with Crippen molar-refractivity contribution >= 4 is 104 Å². The fraction of sp³-hybridized carbons (Fsp3) is 0.603.